The third kappa shape index (κ3) is 3.63. The van der Waals surface area contributed by atoms with Crippen LogP contribution in [-0.2, 0) is 14.8 Å². The van der Waals surface area contributed by atoms with Crippen LogP contribution in [0.15, 0.2) is 17.2 Å². The van der Waals surface area contributed by atoms with Gasteiger partial charge in [-0.15, -0.1) is 0 Å². The van der Waals surface area contributed by atoms with Crippen molar-refractivity contribution in [1.82, 2.24) is 14.6 Å². The van der Waals surface area contributed by atoms with E-state index in [1.165, 1.54) is 16.6 Å². The lowest BCUT2D eigenvalue weighted by atomic mass is 10.4. The molecule has 1 aromatic rings. The Morgan fingerprint density at radius 1 is 1.48 bits per heavy atom. The van der Waals surface area contributed by atoms with E-state index in [0.717, 1.165) is 0 Å². The molecule has 2 heterocycles. The van der Waals surface area contributed by atoms with Gasteiger partial charge in [0.2, 0.25) is 15.9 Å². The van der Waals surface area contributed by atoms with Crippen LogP contribution in [0.3, 0.4) is 0 Å². The van der Waals surface area contributed by atoms with Crippen molar-refractivity contribution in [3.05, 3.63) is 17.3 Å². The van der Waals surface area contributed by atoms with Crippen LogP contribution in [0.1, 0.15) is 13.3 Å². The Hall–Kier alpha value is -1.38. The van der Waals surface area contributed by atoms with Crippen LogP contribution >= 0.6 is 11.6 Å². The fourth-order valence-corrected chi connectivity index (χ4v) is 3.71. The van der Waals surface area contributed by atoms with Gasteiger partial charge in [-0.2, -0.15) is 4.31 Å². The number of aromatic nitrogens is 1. The van der Waals surface area contributed by atoms with Gasteiger partial charge < -0.3 is 10.6 Å². The summed E-state index contributed by atoms with van der Waals surface area (Å²) in [6.07, 6.45) is 1.43. The van der Waals surface area contributed by atoms with Crippen molar-refractivity contribution in [2.24, 2.45) is 0 Å². The number of carbonyl (C=O) groups excluding carboxylic acids is 1. The van der Waals surface area contributed by atoms with Crippen molar-refractivity contribution in [3.63, 3.8) is 0 Å². The fraction of sp³-hybridized carbons (Fsp3) is 0.500. The zero-order valence-corrected chi connectivity index (χ0v) is 13.2. The molecule has 2 N–H and O–H groups in total. The van der Waals surface area contributed by atoms with Crippen molar-refractivity contribution < 1.29 is 13.2 Å². The number of sulfonamides is 1. The molecule has 7 nitrogen and oxygen atoms in total. The van der Waals surface area contributed by atoms with Crippen LogP contribution in [0.25, 0.3) is 0 Å². The molecule has 0 unspecified atom stereocenters. The average Bonchev–Trinajstić information content (AvgIpc) is 2.66. The summed E-state index contributed by atoms with van der Waals surface area (Å²) in [5.74, 6) is 0.303. The van der Waals surface area contributed by atoms with Crippen LogP contribution in [0.2, 0.25) is 5.02 Å². The summed E-state index contributed by atoms with van der Waals surface area (Å²) in [6.45, 7) is 3.22. The van der Waals surface area contributed by atoms with Crippen LogP contribution < -0.4 is 10.6 Å². The Labute approximate surface area is 128 Å². The Kier molecular flexibility index (Phi) is 5.02. The van der Waals surface area contributed by atoms with Crippen LogP contribution in [-0.4, -0.2) is 49.8 Å². The quantitative estimate of drug-likeness (QED) is 0.846. The largest absolute Gasteiger partial charge is 0.369 e. The Morgan fingerprint density at radius 2 is 2.24 bits per heavy atom. The Morgan fingerprint density at radius 3 is 2.90 bits per heavy atom. The maximum Gasteiger partial charge on any atom is 0.244 e. The first kappa shape index (κ1) is 16.0. The van der Waals surface area contributed by atoms with Gasteiger partial charge in [0.15, 0.2) is 0 Å². The molecule has 0 spiro atoms. The number of nitrogens with zero attached hydrogens (tertiary/aromatic N) is 2. The predicted molar refractivity (Wildman–Crippen MR) is 79.8 cm³/mol. The molecular formula is C12H17ClN4O3S. The summed E-state index contributed by atoms with van der Waals surface area (Å²) < 4.78 is 26.3. The van der Waals surface area contributed by atoms with E-state index in [2.05, 4.69) is 15.6 Å². The molecule has 1 aromatic heterocycles. The Balaban J connectivity index is 2.26. The summed E-state index contributed by atoms with van der Waals surface area (Å²) in [5, 5.41) is 5.83. The van der Waals surface area contributed by atoms with Crippen molar-refractivity contribution in [3.8, 4) is 0 Å². The summed E-state index contributed by atoms with van der Waals surface area (Å²) in [5.41, 5.74) is 0. The topological polar surface area (TPSA) is 91.4 Å². The summed E-state index contributed by atoms with van der Waals surface area (Å²) in [4.78, 5) is 15.4. The number of pyridine rings is 1. The number of rotatable bonds is 4. The van der Waals surface area contributed by atoms with Crippen LogP contribution in [0, 0.1) is 0 Å². The first-order chi connectivity index (χ1) is 9.95. The summed E-state index contributed by atoms with van der Waals surface area (Å²) >= 11 is 6.03. The number of amides is 1. The third-order valence-corrected chi connectivity index (χ3v) is 5.22. The molecule has 1 saturated heterocycles. The second kappa shape index (κ2) is 6.59. The molecule has 21 heavy (non-hydrogen) atoms. The van der Waals surface area contributed by atoms with E-state index < -0.39 is 10.0 Å². The molecule has 0 bridgehead atoms. The molecule has 0 aliphatic carbocycles. The molecule has 1 fully saturated rings. The number of halogens is 1. The van der Waals surface area contributed by atoms with E-state index in [-0.39, 0.29) is 35.3 Å². The van der Waals surface area contributed by atoms with Gasteiger partial charge in [-0.1, -0.05) is 11.6 Å². The van der Waals surface area contributed by atoms with Crippen molar-refractivity contribution in [2.75, 3.05) is 31.5 Å². The SMILES string of the molecule is CCNc1ncc(S(=O)(=O)N2CCNC(=O)CC2)cc1Cl. The maximum atomic E-state index is 12.5. The first-order valence-corrected chi connectivity index (χ1v) is 8.43. The number of anilines is 1. The number of nitrogens with one attached hydrogen (secondary N) is 2. The molecule has 0 aromatic carbocycles. The molecule has 2 rings (SSSR count). The molecule has 116 valence electrons. The zero-order chi connectivity index (χ0) is 15.5. The van der Waals surface area contributed by atoms with Gasteiger partial charge in [0.05, 0.1) is 5.02 Å². The van der Waals surface area contributed by atoms with E-state index in [1.54, 1.807) is 0 Å². The minimum atomic E-state index is -3.70. The number of carbonyl (C=O) groups is 1. The van der Waals surface area contributed by atoms with Crippen LogP contribution in [0.4, 0.5) is 5.82 Å². The molecule has 9 heteroatoms. The minimum Gasteiger partial charge on any atom is -0.369 e. The summed E-state index contributed by atoms with van der Waals surface area (Å²) in [6, 6.07) is 1.38. The van der Waals surface area contributed by atoms with E-state index in [9.17, 15) is 13.2 Å². The number of hydrogen-bond acceptors (Lipinski definition) is 5. The van der Waals surface area contributed by atoms with E-state index >= 15 is 0 Å². The molecule has 1 amide bonds. The standard InChI is InChI=1S/C12H17ClN4O3S/c1-2-14-12-10(13)7-9(8-16-12)21(19,20)17-5-3-11(18)15-4-6-17/h7-8H,2-6H2,1H3,(H,14,16)(H,15,18). The van der Waals surface area contributed by atoms with E-state index in [0.29, 0.717) is 18.9 Å². The molecule has 0 saturated carbocycles. The third-order valence-electron chi connectivity index (χ3n) is 3.07. The second-order valence-corrected chi connectivity index (χ2v) is 6.88. The highest BCUT2D eigenvalue weighted by Crippen LogP contribution is 2.24. The van der Waals surface area contributed by atoms with Gasteiger partial charge >= 0.3 is 0 Å². The van der Waals surface area contributed by atoms with Gasteiger partial charge in [-0.05, 0) is 13.0 Å². The minimum absolute atomic E-state index is 0.0310. The lowest BCUT2D eigenvalue weighted by Gasteiger charge is -2.19. The van der Waals surface area contributed by atoms with Crippen molar-refractivity contribution >= 4 is 33.3 Å². The van der Waals surface area contributed by atoms with Crippen molar-refractivity contribution in [1.29, 1.82) is 0 Å². The highest BCUT2D eigenvalue weighted by molar-refractivity contribution is 7.89. The zero-order valence-electron chi connectivity index (χ0n) is 11.6. The van der Waals surface area contributed by atoms with E-state index in [4.69, 9.17) is 11.6 Å². The summed E-state index contributed by atoms with van der Waals surface area (Å²) in [7, 11) is -3.70. The molecule has 1 aliphatic rings. The normalized spacial score (nSPS) is 17.1. The predicted octanol–water partition coefficient (Wildman–Crippen LogP) is 0.677. The fourth-order valence-electron chi connectivity index (χ4n) is 1.99. The van der Waals surface area contributed by atoms with E-state index in [1.807, 2.05) is 6.92 Å². The highest BCUT2D eigenvalue weighted by atomic mass is 35.5. The lowest BCUT2D eigenvalue weighted by molar-refractivity contribution is -0.120. The van der Waals surface area contributed by atoms with Gasteiger partial charge in [0.25, 0.3) is 0 Å². The van der Waals surface area contributed by atoms with Gasteiger partial charge in [-0.25, -0.2) is 13.4 Å². The van der Waals surface area contributed by atoms with Gasteiger partial charge in [-0.3, -0.25) is 4.79 Å². The van der Waals surface area contributed by atoms with Crippen LogP contribution in [0.5, 0.6) is 0 Å². The number of hydrogen-bond donors (Lipinski definition) is 2. The molecule has 1 aliphatic heterocycles. The second-order valence-electron chi connectivity index (χ2n) is 4.54. The van der Waals surface area contributed by atoms with Crippen molar-refractivity contribution in [2.45, 2.75) is 18.2 Å². The molecule has 0 radical (unpaired) electrons. The average molecular weight is 333 g/mol. The first-order valence-electron chi connectivity index (χ1n) is 6.61. The molecule has 0 atom stereocenters. The van der Waals surface area contributed by atoms with Gasteiger partial charge in [0.1, 0.15) is 10.7 Å². The monoisotopic (exact) mass is 332 g/mol. The smallest absolute Gasteiger partial charge is 0.244 e. The maximum absolute atomic E-state index is 12.5. The highest BCUT2D eigenvalue weighted by Gasteiger charge is 2.27. The lowest BCUT2D eigenvalue weighted by Crippen LogP contribution is -2.34. The molecular weight excluding hydrogens is 316 g/mol. The van der Waals surface area contributed by atoms with Gasteiger partial charge in [0, 0.05) is 38.8 Å². The Bertz CT molecular complexity index is 635.